The first-order valence-electron chi connectivity index (χ1n) is 3.67. The van der Waals surface area contributed by atoms with E-state index in [1.807, 2.05) is 0 Å². The Morgan fingerprint density at radius 1 is 0.917 bits per heavy atom. The maximum Gasteiger partial charge on any atom is 0.134 e. The Balaban J connectivity index is 2.63. The first kappa shape index (κ1) is 9.85. The second kappa shape index (κ2) is 3.65. The van der Waals surface area contributed by atoms with Gasteiger partial charge < -0.3 is 25.5 Å². The summed E-state index contributed by atoms with van der Waals surface area (Å²) in [6.45, 7) is -0.415. The van der Waals surface area contributed by atoms with Crippen molar-refractivity contribution in [3.8, 4) is 0 Å². The molecule has 0 amide bonds. The van der Waals surface area contributed by atoms with Crippen molar-refractivity contribution >= 4 is 0 Å². The van der Waals surface area contributed by atoms with Crippen LogP contribution in [-0.4, -0.2) is 62.7 Å². The normalized spacial score (nSPS) is 49.2. The average molecular weight is 179 g/mol. The van der Waals surface area contributed by atoms with Gasteiger partial charge in [0.1, 0.15) is 24.5 Å². The Kier molecular flexibility index (Phi) is 2.99. The van der Waals surface area contributed by atoms with Crippen LogP contribution in [-0.2, 0) is 0 Å². The molecular formula is C6H13NO5. The van der Waals surface area contributed by atoms with Crippen molar-refractivity contribution in [3.63, 3.8) is 0 Å². The van der Waals surface area contributed by atoms with E-state index in [-0.39, 0.29) is 0 Å². The number of hydrogen-bond acceptors (Lipinski definition) is 6. The number of nitrogens with one attached hydrogen (secondary N) is 1. The molecule has 0 spiro atoms. The third-order valence-electron chi connectivity index (χ3n) is 2.02. The number of aliphatic hydroxyl groups is 5. The molecule has 0 aromatic rings. The minimum atomic E-state index is -1.43. The van der Waals surface area contributed by atoms with Gasteiger partial charge in [-0.1, -0.05) is 0 Å². The van der Waals surface area contributed by atoms with Crippen LogP contribution in [0.5, 0.6) is 0 Å². The Labute approximate surface area is 69.1 Å². The molecule has 0 aliphatic carbocycles. The predicted octanol–water partition coefficient (Wildman–Crippen LogP) is -3.65. The molecule has 1 fully saturated rings. The Hall–Kier alpha value is -0.240. The molecule has 1 heterocycles. The summed E-state index contributed by atoms with van der Waals surface area (Å²) in [6.07, 6.45) is -5.45. The molecule has 1 aliphatic rings. The molecule has 6 nitrogen and oxygen atoms in total. The molecule has 6 heteroatoms. The summed E-state index contributed by atoms with van der Waals surface area (Å²) in [5, 5.41) is 47.3. The van der Waals surface area contributed by atoms with Gasteiger partial charge in [-0.05, 0) is 0 Å². The van der Waals surface area contributed by atoms with Crippen LogP contribution in [0, 0.1) is 0 Å². The molecule has 0 unspecified atom stereocenters. The van der Waals surface area contributed by atoms with E-state index >= 15 is 0 Å². The largest absolute Gasteiger partial charge is 0.395 e. The van der Waals surface area contributed by atoms with E-state index in [4.69, 9.17) is 20.4 Å². The molecule has 1 saturated heterocycles. The highest BCUT2D eigenvalue weighted by atomic mass is 16.4. The molecule has 1 aliphatic heterocycles. The summed E-state index contributed by atoms with van der Waals surface area (Å²) >= 11 is 0. The van der Waals surface area contributed by atoms with Gasteiger partial charge in [-0.25, -0.2) is 0 Å². The van der Waals surface area contributed by atoms with Gasteiger partial charge in [-0.15, -0.1) is 0 Å². The molecule has 0 radical (unpaired) electrons. The molecule has 0 bridgehead atoms. The monoisotopic (exact) mass is 179 g/mol. The van der Waals surface area contributed by atoms with Gasteiger partial charge in [0, 0.05) is 0 Å². The summed E-state index contributed by atoms with van der Waals surface area (Å²) < 4.78 is 0. The van der Waals surface area contributed by atoms with Gasteiger partial charge in [0.15, 0.2) is 0 Å². The van der Waals surface area contributed by atoms with Crippen LogP contribution in [0.2, 0.25) is 0 Å². The number of rotatable bonds is 1. The third kappa shape index (κ3) is 1.58. The van der Waals surface area contributed by atoms with E-state index in [9.17, 15) is 5.11 Å². The molecular weight excluding hydrogens is 166 g/mol. The summed E-state index contributed by atoms with van der Waals surface area (Å²) in [5.74, 6) is 0. The highest BCUT2D eigenvalue weighted by molar-refractivity contribution is 4.93. The smallest absolute Gasteiger partial charge is 0.134 e. The molecule has 72 valence electrons. The van der Waals surface area contributed by atoms with Crippen molar-refractivity contribution in [2.45, 2.75) is 30.6 Å². The zero-order valence-electron chi connectivity index (χ0n) is 6.33. The lowest BCUT2D eigenvalue weighted by molar-refractivity contribution is -0.161. The molecule has 5 atom stereocenters. The van der Waals surface area contributed by atoms with E-state index in [1.54, 1.807) is 0 Å². The van der Waals surface area contributed by atoms with Crippen LogP contribution in [0.4, 0.5) is 0 Å². The van der Waals surface area contributed by atoms with E-state index < -0.39 is 37.2 Å². The first-order valence-corrected chi connectivity index (χ1v) is 3.67. The predicted molar refractivity (Wildman–Crippen MR) is 38.0 cm³/mol. The third-order valence-corrected chi connectivity index (χ3v) is 2.02. The fraction of sp³-hybridized carbons (Fsp3) is 1.00. The Morgan fingerprint density at radius 2 is 1.50 bits per heavy atom. The highest BCUT2D eigenvalue weighted by Crippen LogP contribution is 2.13. The topological polar surface area (TPSA) is 113 Å². The fourth-order valence-corrected chi connectivity index (χ4v) is 1.20. The summed E-state index contributed by atoms with van der Waals surface area (Å²) in [6, 6.07) is -0.807. The van der Waals surface area contributed by atoms with Crippen molar-refractivity contribution in [1.29, 1.82) is 0 Å². The van der Waals surface area contributed by atoms with Crippen LogP contribution in [0.15, 0.2) is 0 Å². The SMILES string of the molecule is OC[C@H]1N[C@H](O)[C@H](O)[C@@H](O)[C@H]1O. The number of aliphatic hydroxyl groups excluding tert-OH is 5. The second-order valence-corrected chi connectivity index (χ2v) is 2.87. The molecule has 0 aromatic carbocycles. The van der Waals surface area contributed by atoms with Crippen LogP contribution >= 0.6 is 0 Å². The maximum atomic E-state index is 9.18. The van der Waals surface area contributed by atoms with E-state index in [2.05, 4.69) is 5.32 Å². The van der Waals surface area contributed by atoms with E-state index in [0.717, 1.165) is 0 Å². The number of piperidine rings is 1. The average Bonchev–Trinajstić information content (AvgIpc) is 2.08. The summed E-state index contributed by atoms with van der Waals surface area (Å²) in [4.78, 5) is 0. The lowest BCUT2D eigenvalue weighted by Gasteiger charge is -2.38. The minimum absolute atomic E-state index is 0.415. The van der Waals surface area contributed by atoms with Crippen molar-refractivity contribution in [1.82, 2.24) is 5.32 Å². The van der Waals surface area contributed by atoms with Gasteiger partial charge in [0.05, 0.1) is 12.6 Å². The zero-order valence-corrected chi connectivity index (χ0v) is 6.33. The highest BCUT2D eigenvalue weighted by Gasteiger charge is 2.40. The summed E-state index contributed by atoms with van der Waals surface area (Å²) in [5.41, 5.74) is 0. The molecule has 12 heavy (non-hydrogen) atoms. The quantitative estimate of drug-likeness (QED) is 0.247. The fourth-order valence-electron chi connectivity index (χ4n) is 1.20. The minimum Gasteiger partial charge on any atom is -0.395 e. The lowest BCUT2D eigenvalue weighted by Crippen LogP contribution is -2.65. The maximum absolute atomic E-state index is 9.18. The van der Waals surface area contributed by atoms with Crippen LogP contribution in [0.1, 0.15) is 0 Å². The van der Waals surface area contributed by atoms with E-state index in [0.29, 0.717) is 0 Å². The van der Waals surface area contributed by atoms with Gasteiger partial charge in [-0.2, -0.15) is 0 Å². The van der Waals surface area contributed by atoms with Crippen molar-refractivity contribution < 1.29 is 25.5 Å². The lowest BCUT2D eigenvalue weighted by atomic mass is 9.95. The molecule has 0 aromatic heterocycles. The molecule has 1 rings (SSSR count). The standard InChI is InChI=1S/C6H13NO5/c8-1-2-3(9)4(10)5(11)6(12)7-2/h2-12H,1H2/t2-,3+,4+,5-,6-/m1/s1. The van der Waals surface area contributed by atoms with Gasteiger partial charge in [0.2, 0.25) is 0 Å². The second-order valence-electron chi connectivity index (χ2n) is 2.87. The van der Waals surface area contributed by atoms with Crippen LogP contribution in [0.25, 0.3) is 0 Å². The molecule has 0 saturated carbocycles. The van der Waals surface area contributed by atoms with Crippen LogP contribution < -0.4 is 5.32 Å². The van der Waals surface area contributed by atoms with Crippen molar-refractivity contribution in [2.24, 2.45) is 0 Å². The van der Waals surface area contributed by atoms with Gasteiger partial charge in [0.25, 0.3) is 0 Å². The first-order chi connectivity index (χ1) is 5.57. The Morgan fingerprint density at radius 3 is 2.00 bits per heavy atom. The van der Waals surface area contributed by atoms with Crippen molar-refractivity contribution in [2.75, 3.05) is 6.61 Å². The van der Waals surface area contributed by atoms with Gasteiger partial charge in [-0.3, -0.25) is 5.32 Å². The van der Waals surface area contributed by atoms with Crippen molar-refractivity contribution in [3.05, 3.63) is 0 Å². The van der Waals surface area contributed by atoms with Crippen LogP contribution in [0.3, 0.4) is 0 Å². The Bertz CT molecular complexity index is 150. The number of hydrogen-bond donors (Lipinski definition) is 6. The zero-order chi connectivity index (χ0) is 9.30. The summed E-state index contributed by atoms with van der Waals surface area (Å²) in [7, 11) is 0. The van der Waals surface area contributed by atoms with Gasteiger partial charge >= 0.3 is 0 Å². The van der Waals surface area contributed by atoms with E-state index in [1.165, 1.54) is 0 Å². The molecule has 6 N–H and O–H groups in total.